The van der Waals surface area contributed by atoms with E-state index in [9.17, 15) is 4.79 Å². The van der Waals surface area contributed by atoms with Gasteiger partial charge in [-0.05, 0) is 36.6 Å². The average Bonchev–Trinajstić information content (AvgIpc) is 2.61. The summed E-state index contributed by atoms with van der Waals surface area (Å²) in [5.41, 5.74) is 2.21. The summed E-state index contributed by atoms with van der Waals surface area (Å²) in [5, 5.41) is 0. The lowest BCUT2D eigenvalue weighted by Gasteiger charge is -2.24. The van der Waals surface area contributed by atoms with Crippen molar-refractivity contribution in [2.45, 2.75) is 39.2 Å². The van der Waals surface area contributed by atoms with Crippen LogP contribution in [0.2, 0.25) is 0 Å². The SMILES string of the molecule is CCCC(C(=O)N(C)Cc1ccc(OCC)cc1)c1ccccc1. The van der Waals surface area contributed by atoms with Gasteiger partial charge in [0, 0.05) is 13.6 Å². The van der Waals surface area contributed by atoms with Crippen LogP contribution in [0.25, 0.3) is 0 Å². The first-order chi connectivity index (χ1) is 11.7. The number of hydrogen-bond acceptors (Lipinski definition) is 2. The third kappa shape index (κ3) is 4.85. The van der Waals surface area contributed by atoms with Gasteiger partial charge < -0.3 is 9.64 Å². The number of carbonyl (C=O) groups is 1. The molecule has 3 nitrogen and oxygen atoms in total. The second-order valence-corrected chi connectivity index (χ2v) is 6.02. The number of ether oxygens (including phenoxy) is 1. The van der Waals surface area contributed by atoms with E-state index in [1.54, 1.807) is 0 Å². The summed E-state index contributed by atoms with van der Waals surface area (Å²) in [6.45, 7) is 5.36. The van der Waals surface area contributed by atoms with E-state index in [1.807, 2.05) is 73.5 Å². The Labute approximate surface area is 145 Å². The molecule has 128 valence electrons. The standard InChI is InChI=1S/C21H27NO2/c1-4-9-20(18-10-7-6-8-11-18)21(23)22(3)16-17-12-14-19(15-13-17)24-5-2/h6-8,10-15,20H,4-5,9,16H2,1-3H3. The molecule has 3 heteroatoms. The number of benzene rings is 2. The van der Waals surface area contributed by atoms with E-state index in [0.29, 0.717) is 13.2 Å². The number of likely N-dealkylation sites (N-methyl/N-ethyl adjacent to an activating group) is 1. The largest absolute Gasteiger partial charge is 0.494 e. The van der Waals surface area contributed by atoms with Gasteiger partial charge in [-0.15, -0.1) is 0 Å². The molecule has 0 aliphatic carbocycles. The first kappa shape index (κ1) is 18.1. The Morgan fingerprint density at radius 2 is 1.71 bits per heavy atom. The highest BCUT2D eigenvalue weighted by Gasteiger charge is 2.23. The highest BCUT2D eigenvalue weighted by molar-refractivity contribution is 5.83. The molecule has 0 spiro atoms. The third-order valence-electron chi connectivity index (χ3n) is 4.11. The topological polar surface area (TPSA) is 29.5 Å². The quantitative estimate of drug-likeness (QED) is 0.708. The molecule has 2 aromatic rings. The van der Waals surface area contributed by atoms with Gasteiger partial charge >= 0.3 is 0 Å². The van der Waals surface area contributed by atoms with Crippen LogP contribution in [0.3, 0.4) is 0 Å². The minimum absolute atomic E-state index is 0.0658. The van der Waals surface area contributed by atoms with Crippen LogP contribution in [0.4, 0.5) is 0 Å². The summed E-state index contributed by atoms with van der Waals surface area (Å²) < 4.78 is 5.46. The first-order valence-corrected chi connectivity index (χ1v) is 8.67. The minimum Gasteiger partial charge on any atom is -0.494 e. The zero-order chi connectivity index (χ0) is 17.4. The van der Waals surface area contributed by atoms with Crippen molar-refractivity contribution in [3.8, 4) is 5.75 Å². The Balaban J connectivity index is 2.06. The Bertz CT molecular complexity index is 622. The van der Waals surface area contributed by atoms with Crippen LogP contribution in [0.1, 0.15) is 43.7 Å². The third-order valence-corrected chi connectivity index (χ3v) is 4.11. The van der Waals surface area contributed by atoms with E-state index in [1.165, 1.54) is 0 Å². The maximum atomic E-state index is 12.9. The lowest BCUT2D eigenvalue weighted by atomic mass is 9.93. The lowest BCUT2D eigenvalue weighted by Crippen LogP contribution is -2.31. The van der Waals surface area contributed by atoms with E-state index < -0.39 is 0 Å². The van der Waals surface area contributed by atoms with Gasteiger partial charge in [-0.2, -0.15) is 0 Å². The Kier molecular flexibility index (Phi) is 6.86. The van der Waals surface area contributed by atoms with Crippen LogP contribution in [0, 0.1) is 0 Å². The minimum atomic E-state index is -0.0658. The smallest absolute Gasteiger partial charge is 0.230 e. The van der Waals surface area contributed by atoms with Crippen molar-refractivity contribution in [1.82, 2.24) is 4.90 Å². The summed E-state index contributed by atoms with van der Waals surface area (Å²) in [4.78, 5) is 14.7. The van der Waals surface area contributed by atoms with Crippen molar-refractivity contribution >= 4 is 5.91 Å². The molecule has 0 bridgehead atoms. The highest BCUT2D eigenvalue weighted by Crippen LogP contribution is 2.24. The first-order valence-electron chi connectivity index (χ1n) is 8.67. The molecule has 0 aromatic heterocycles. The van der Waals surface area contributed by atoms with Gasteiger partial charge in [-0.3, -0.25) is 4.79 Å². The monoisotopic (exact) mass is 325 g/mol. The second-order valence-electron chi connectivity index (χ2n) is 6.02. The molecular weight excluding hydrogens is 298 g/mol. The number of carbonyl (C=O) groups excluding carboxylic acids is 1. The van der Waals surface area contributed by atoms with E-state index >= 15 is 0 Å². The summed E-state index contributed by atoms with van der Waals surface area (Å²) >= 11 is 0. The highest BCUT2D eigenvalue weighted by atomic mass is 16.5. The number of hydrogen-bond donors (Lipinski definition) is 0. The van der Waals surface area contributed by atoms with Gasteiger partial charge in [-0.25, -0.2) is 0 Å². The number of rotatable bonds is 8. The van der Waals surface area contributed by atoms with Crippen molar-refractivity contribution in [3.05, 3.63) is 65.7 Å². The van der Waals surface area contributed by atoms with E-state index in [4.69, 9.17) is 4.74 Å². The molecular formula is C21H27NO2. The molecule has 1 atom stereocenters. The maximum Gasteiger partial charge on any atom is 0.230 e. The molecule has 2 rings (SSSR count). The Morgan fingerprint density at radius 3 is 2.29 bits per heavy atom. The molecule has 24 heavy (non-hydrogen) atoms. The van der Waals surface area contributed by atoms with Crippen LogP contribution >= 0.6 is 0 Å². The molecule has 0 aliphatic rings. The second kappa shape index (κ2) is 9.11. The summed E-state index contributed by atoms with van der Waals surface area (Å²) in [5.74, 6) is 0.976. The Morgan fingerprint density at radius 1 is 1.04 bits per heavy atom. The van der Waals surface area contributed by atoms with Crippen LogP contribution in [-0.4, -0.2) is 24.5 Å². The van der Waals surface area contributed by atoms with Crippen molar-refractivity contribution in [1.29, 1.82) is 0 Å². The fourth-order valence-corrected chi connectivity index (χ4v) is 2.88. The van der Waals surface area contributed by atoms with Crippen LogP contribution in [0.15, 0.2) is 54.6 Å². The molecule has 0 aliphatic heterocycles. The van der Waals surface area contributed by atoms with Gasteiger partial charge in [-0.1, -0.05) is 55.8 Å². The van der Waals surface area contributed by atoms with Crippen molar-refractivity contribution < 1.29 is 9.53 Å². The normalized spacial score (nSPS) is 11.8. The molecule has 0 radical (unpaired) electrons. The molecule has 0 fully saturated rings. The van der Waals surface area contributed by atoms with E-state index in [0.717, 1.165) is 29.7 Å². The van der Waals surface area contributed by atoms with Crippen LogP contribution in [0.5, 0.6) is 5.75 Å². The van der Waals surface area contributed by atoms with Crippen molar-refractivity contribution in [3.63, 3.8) is 0 Å². The number of amides is 1. The zero-order valence-corrected chi connectivity index (χ0v) is 14.9. The summed E-state index contributed by atoms with van der Waals surface area (Å²) in [6.07, 6.45) is 1.86. The van der Waals surface area contributed by atoms with Gasteiger partial charge in [0.05, 0.1) is 12.5 Å². The molecule has 1 unspecified atom stereocenters. The van der Waals surface area contributed by atoms with E-state index in [-0.39, 0.29) is 11.8 Å². The van der Waals surface area contributed by atoms with Crippen molar-refractivity contribution in [2.75, 3.05) is 13.7 Å². The summed E-state index contributed by atoms with van der Waals surface area (Å²) in [7, 11) is 1.88. The van der Waals surface area contributed by atoms with Gasteiger partial charge in [0.1, 0.15) is 5.75 Å². The van der Waals surface area contributed by atoms with Gasteiger partial charge in [0.15, 0.2) is 0 Å². The molecule has 2 aromatic carbocycles. The van der Waals surface area contributed by atoms with Crippen molar-refractivity contribution in [2.24, 2.45) is 0 Å². The van der Waals surface area contributed by atoms with Gasteiger partial charge in [0.25, 0.3) is 0 Å². The molecule has 0 heterocycles. The summed E-state index contributed by atoms with van der Waals surface area (Å²) in [6, 6.07) is 18.0. The zero-order valence-electron chi connectivity index (χ0n) is 14.9. The average molecular weight is 325 g/mol. The fraction of sp³-hybridized carbons (Fsp3) is 0.381. The van der Waals surface area contributed by atoms with E-state index in [2.05, 4.69) is 6.92 Å². The molecule has 1 amide bonds. The maximum absolute atomic E-state index is 12.9. The fourth-order valence-electron chi connectivity index (χ4n) is 2.88. The van der Waals surface area contributed by atoms with Gasteiger partial charge in [0.2, 0.25) is 5.91 Å². The molecule has 0 N–H and O–H groups in total. The number of nitrogens with zero attached hydrogens (tertiary/aromatic N) is 1. The van der Waals surface area contributed by atoms with Crippen LogP contribution < -0.4 is 4.74 Å². The predicted octanol–water partition coefficient (Wildman–Crippen LogP) is 4.63. The predicted molar refractivity (Wildman–Crippen MR) is 98.2 cm³/mol. The Hall–Kier alpha value is -2.29. The molecule has 0 saturated carbocycles. The van der Waals surface area contributed by atoms with Crippen LogP contribution in [-0.2, 0) is 11.3 Å². The molecule has 0 saturated heterocycles. The lowest BCUT2D eigenvalue weighted by molar-refractivity contribution is -0.132.